The number of piperidine rings is 1. The van der Waals surface area contributed by atoms with Crippen molar-refractivity contribution in [3.05, 3.63) is 17.5 Å². The number of carbonyl (C=O) groups is 1. The maximum absolute atomic E-state index is 12.4. The van der Waals surface area contributed by atoms with E-state index in [1.54, 1.807) is 6.07 Å². The third kappa shape index (κ3) is 5.90. The van der Waals surface area contributed by atoms with Gasteiger partial charge in [0.2, 0.25) is 0 Å². The quantitative estimate of drug-likeness (QED) is 0.524. The van der Waals surface area contributed by atoms with Crippen molar-refractivity contribution in [3.63, 3.8) is 0 Å². The van der Waals surface area contributed by atoms with Crippen molar-refractivity contribution in [1.82, 2.24) is 4.90 Å². The Hall–Kier alpha value is -1.22. The number of hydrogen-bond donors (Lipinski definition) is 0. The maximum atomic E-state index is 12.4. The molecule has 8 heteroatoms. The van der Waals surface area contributed by atoms with Gasteiger partial charge in [0.15, 0.2) is 16.3 Å². The predicted molar refractivity (Wildman–Crippen MR) is 108 cm³/mol. The lowest BCUT2D eigenvalue weighted by molar-refractivity contribution is -0.135. The average molecular weight is 396 g/mol. The normalized spacial score (nSPS) is 21.2. The van der Waals surface area contributed by atoms with Gasteiger partial charge in [0.1, 0.15) is 0 Å². The number of carbonyl (C=O) groups excluding carboxylic acids is 1. The first-order chi connectivity index (χ1) is 12.7. The molecule has 1 aromatic heterocycles. The van der Waals surface area contributed by atoms with Crippen LogP contribution in [-0.4, -0.2) is 66.9 Å². The Morgan fingerprint density at radius 3 is 2.96 bits per heavy atom. The van der Waals surface area contributed by atoms with E-state index in [1.807, 2.05) is 17.7 Å². The summed E-state index contributed by atoms with van der Waals surface area (Å²) in [4.78, 5) is 23.7. The van der Waals surface area contributed by atoms with Crippen LogP contribution in [-0.2, 0) is 9.53 Å². The van der Waals surface area contributed by atoms with Crippen molar-refractivity contribution in [3.8, 4) is 5.06 Å². The largest absolute Gasteiger partial charge is 0.414 e. The summed E-state index contributed by atoms with van der Waals surface area (Å²) < 4.78 is 11.2. The third-order valence-corrected chi connectivity index (χ3v) is 5.68. The summed E-state index contributed by atoms with van der Waals surface area (Å²) in [6.45, 7) is 4.43. The lowest BCUT2D eigenvalue weighted by Crippen LogP contribution is -2.34. The molecule has 1 aromatic rings. The molecular weight excluding hydrogens is 370 g/mol. The molecule has 0 N–H and O–H groups in total. The summed E-state index contributed by atoms with van der Waals surface area (Å²) in [5.41, 5.74) is 0.858. The number of esters is 1. The minimum atomic E-state index is -0.544. The smallest absolute Gasteiger partial charge is 0.337 e. The number of ether oxygens (including phenoxy) is 2. The second-order valence-electron chi connectivity index (χ2n) is 6.32. The summed E-state index contributed by atoms with van der Waals surface area (Å²) in [7, 11) is 0. The molecule has 3 rings (SSSR count). The summed E-state index contributed by atoms with van der Waals surface area (Å²) in [5, 5.41) is 3.08. The van der Waals surface area contributed by atoms with Crippen molar-refractivity contribution in [2.75, 3.05) is 39.1 Å². The fourth-order valence-corrected chi connectivity index (χ4v) is 4.02. The fourth-order valence-electron chi connectivity index (χ4n) is 2.99. The Morgan fingerprint density at radius 1 is 1.38 bits per heavy atom. The molecule has 1 saturated heterocycles. The molecule has 3 heterocycles. The fraction of sp³-hybridized carbons (Fsp3) is 0.611. The van der Waals surface area contributed by atoms with E-state index in [0.717, 1.165) is 12.3 Å². The molecule has 0 amide bonds. The summed E-state index contributed by atoms with van der Waals surface area (Å²) in [6, 6.07) is 3.09. The van der Waals surface area contributed by atoms with Gasteiger partial charge in [-0.2, -0.15) is 0 Å². The highest BCUT2D eigenvalue weighted by Crippen LogP contribution is 2.21. The van der Waals surface area contributed by atoms with Gasteiger partial charge in [-0.25, -0.2) is 14.8 Å². The second-order valence-corrected chi connectivity index (χ2v) is 8.01. The molecule has 1 atom stereocenters. The lowest BCUT2D eigenvalue weighted by Gasteiger charge is -2.26. The van der Waals surface area contributed by atoms with Crippen LogP contribution in [0.5, 0.6) is 5.06 Å². The van der Waals surface area contributed by atoms with Gasteiger partial charge < -0.3 is 14.4 Å². The molecule has 0 radical (unpaired) electrons. The highest BCUT2D eigenvalue weighted by molar-refractivity contribution is 8.13. The number of thioether (sulfide) groups is 1. The SMILES string of the molecule is CSC1=NC(C(=O)Oc2cccs2)CC(COCCN2CCCCC2)=N1. The second kappa shape index (κ2) is 10.2. The van der Waals surface area contributed by atoms with Gasteiger partial charge in [-0.05, 0) is 49.7 Å². The van der Waals surface area contributed by atoms with Crippen LogP contribution in [0.15, 0.2) is 27.5 Å². The highest BCUT2D eigenvalue weighted by Gasteiger charge is 2.26. The Bertz CT molecular complexity index is 640. The number of amidine groups is 1. The maximum Gasteiger partial charge on any atom is 0.337 e. The van der Waals surface area contributed by atoms with Crippen molar-refractivity contribution >= 4 is 39.9 Å². The average Bonchev–Trinajstić information content (AvgIpc) is 3.19. The van der Waals surface area contributed by atoms with Crippen molar-refractivity contribution < 1.29 is 14.3 Å². The zero-order valence-corrected chi connectivity index (χ0v) is 16.7. The van der Waals surface area contributed by atoms with Crippen LogP contribution < -0.4 is 4.74 Å². The van der Waals surface area contributed by atoms with Crippen molar-refractivity contribution in [2.24, 2.45) is 9.98 Å². The van der Waals surface area contributed by atoms with E-state index in [-0.39, 0.29) is 5.97 Å². The number of aliphatic imine (C=N–C) groups is 2. The van der Waals surface area contributed by atoms with Crippen LogP contribution in [0, 0.1) is 0 Å². The van der Waals surface area contributed by atoms with Gasteiger partial charge >= 0.3 is 5.97 Å². The Labute approximate surface area is 162 Å². The van der Waals surface area contributed by atoms with E-state index in [2.05, 4.69) is 14.9 Å². The van der Waals surface area contributed by atoms with Crippen LogP contribution in [0.3, 0.4) is 0 Å². The third-order valence-electron chi connectivity index (χ3n) is 4.37. The van der Waals surface area contributed by atoms with Gasteiger partial charge in [0, 0.05) is 18.7 Å². The van der Waals surface area contributed by atoms with Gasteiger partial charge in [-0.15, -0.1) is 11.3 Å². The molecule has 0 aliphatic carbocycles. The summed E-state index contributed by atoms with van der Waals surface area (Å²) in [6.07, 6.45) is 6.28. The van der Waals surface area contributed by atoms with Crippen LogP contribution >= 0.6 is 23.1 Å². The van der Waals surface area contributed by atoms with Gasteiger partial charge in [-0.1, -0.05) is 18.2 Å². The number of rotatable bonds is 7. The molecule has 6 nitrogen and oxygen atoms in total. The van der Waals surface area contributed by atoms with Crippen LogP contribution in [0.2, 0.25) is 0 Å². The van der Waals surface area contributed by atoms with E-state index >= 15 is 0 Å². The van der Waals surface area contributed by atoms with Gasteiger partial charge in [0.05, 0.1) is 13.2 Å². The number of likely N-dealkylation sites (tertiary alicyclic amines) is 1. The molecular formula is C18H25N3O3S2. The lowest BCUT2D eigenvalue weighted by atomic mass is 10.1. The molecule has 1 fully saturated rings. The molecule has 142 valence electrons. The number of hydrogen-bond acceptors (Lipinski definition) is 8. The minimum absolute atomic E-state index is 0.334. The van der Waals surface area contributed by atoms with E-state index in [1.165, 1.54) is 55.5 Å². The summed E-state index contributed by atoms with van der Waals surface area (Å²) >= 11 is 2.83. The molecule has 0 aromatic carbocycles. The molecule has 1 unspecified atom stereocenters. The first-order valence-electron chi connectivity index (χ1n) is 8.98. The Balaban J connectivity index is 1.46. The number of thiophene rings is 1. The predicted octanol–water partition coefficient (Wildman–Crippen LogP) is 3.09. The molecule has 26 heavy (non-hydrogen) atoms. The van der Waals surface area contributed by atoms with E-state index in [9.17, 15) is 4.79 Å². The zero-order valence-electron chi connectivity index (χ0n) is 15.1. The number of nitrogens with zero attached hydrogens (tertiary/aromatic N) is 3. The minimum Gasteiger partial charge on any atom is -0.414 e. The van der Waals surface area contributed by atoms with E-state index in [4.69, 9.17) is 9.47 Å². The molecule has 2 aliphatic heterocycles. The van der Waals surface area contributed by atoms with Crippen LogP contribution in [0.25, 0.3) is 0 Å². The molecule has 0 bridgehead atoms. The van der Waals surface area contributed by atoms with E-state index in [0.29, 0.717) is 29.9 Å². The Morgan fingerprint density at radius 2 is 2.23 bits per heavy atom. The summed E-state index contributed by atoms with van der Waals surface area (Å²) in [5.74, 6) is -0.334. The zero-order chi connectivity index (χ0) is 18.2. The topological polar surface area (TPSA) is 63.5 Å². The van der Waals surface area contributed by atoms with Gasteiger partial charge in [0.25, 0.3) is 0 Å². The van der Waals surface area contributed by atoms with Gasteiger partial charge in [-0.3, -0.25) is 0 Å². The van der Waals surface area contributed by atoms with Crippen molar-refractivity contribution in [1.29, 1.82) is 0 Å². The molecule has 0 spiro atoms. The van der Waals surface area contributed by atoms with Crippen LogP contribution in [0.1, 0.15) is 25.7 Å². The van der Waals surface area contributed by atoms with E-state index < -0.39 is 6.04 Å². The molecule has 2 aliphatic rings. The Kier molecular flexibility index (Phi) is 7.67. The monoisotopic (exact) mass is 395 g/mol. The van der Waals surface area contributed by atoms with Crippen LogP contribution in [0.4, 0.5) is 0 Å². The van der Waals surface area contributed by atoms with Crippen molar-refractivity contribution in [2.45, 2.75) is 31.7 Å². The standard InChI is InChI=1S/C18H25N3O3S2/c1-25-18-19-14(13-23-10-9-21-7-3-2-4-8-21)12-15(20-18)17(22)24-16-6-5-11-26-16/h5-6,11,15H,2-4,7-10,12-13H2,1H3. The first kappa shape index (κ1) is 19.5. The molecule has 0 saturated carbocycles. The first-order valence-corrected chi connectivity index (χ1v) is 11.1. The highest BCUT2D eigenvalue weighted by atomic mass is 32.2.